The fourth-order valence-electron chi connectivity index (χ4n) is 1.91. The van der Waals surface area contributed by atoms with Crippen LogP contribution in [0.3, 0.4) is 0 Å². The van der Waals surface area contributed by atoms with Crippen molar-refractivity contribution in [2.75, 3.05) is 20.3 Å². The number of hydrogen-bond donors (Lipinski definition) is 0. The zero-order valence-corrected chi connectivity index (χ0v) is 14.2. The van der Waals surface area contributed by atoms with Gasteiger partial charge in [-0.2, -0.15) is 8.42 Å². The standard InChI is InChI=1S/C17H20O5S/c1-13-4-5-14(2)17(12-13)22-23(18,19)16-8-6-15(7-9-16)21-11-10-20-3/h4-9,12H,10-11H2,1-3H3. The third kappa shape index (κ3) is 4.71. The van der Waals surface area contributed by atoms with Gasteiger partial charge in [-0.3, -0.25) is 0 Å². The molecule has 0 N–H and O–H groups in total. The van der Waals surface area contributed by atoms with Gasteiger partial charge < -0.3 is 13.7 Å². The topological polar surface area (TPSA) is 61.8 Å². The summed E-state index contributed by atoms with van der Waals surface area (Å²) in [6.45, 7) is 4.56. The van der Waals surface area contributed by atoms with Gasteiger partial charge in [0.05, 0.1) is 6.61 Å². The molecule has 0 aliphatic rings. The van der Waals surface area contributed by atoms with Crippen molar-refractivity contribution in [3.63, 3.8) is 0 Å². The molecule has 0 aromatic heterocycles. The first-order chi connectivity index (χ1) is 10.9. The quantitative estimate of drug-likeness (QED) is 0.574. The van der Waals surface area contributed by atoms with Gasteiger partial charge in [-0.25, -0.2) is 0 Å². The number of hydrogen-bond acceptors (Lipinski definition) is 5. The molecule has 0 aliphatic carbocycles. The monoisotopic (exact) mass is 336 g/mol. The molecule has 0 amide bonds. The molecule has 2 aromatic rings. The van der Waals surface area contributed by atoms with Crippen LogP contribution >= 0.6 is 0 Å². The van der Waals surface area contributed by atoms with Gasteiger partial charge in [-0.05, 0) is 55.3 Å². The summed E-state index contributed by atoms with van der Waals surface area (Å²) in [5.41, 5.74) is 1.70. The van der Waals surface area contributed by atoms with Crippen molar-refractivity contribution in [2.45, 2.75) is 18.7 Å². The van der Waals surface area contributed by atoms with Gasteiger partial charge in [0.15, 0.2) is 0 Å². The highest BCUT2D eigenvalue weighted by atomic mass is 32.2. The highest BCUT2D eigenvalue weighted by Gasteiger charge is 2.18. The van der Waals surface area contributed by atoms with E-state index in [9.17, 15) is 8.42 Å². The summed E-state index contributed by atoms with van der Waals surface area (Å²) in [6, 6.07) is 11.5. The van der Waals surface area contributed by atoms with E-state index in [-0.39, 0.29) is 4.90 Å². The van der Waals surface area contributed by atoms with Crippen LogP contribution in [0.4, 0.5) is 0 Å². The summed E-state index contributed by atoms with van der Waals surface area (Å²) >= 11 is 0. The average Bonchev–Trinajstić information content (AvgIpc) is 2.51. The number of ether oxygens (including phenoxy) is 2. The van der Waals surface area contributed by atoms with Gasteiger partial charge in [0, 0.05) is 7.11 Å². The van der Waals surface area contributed by atoms with E-state index >= 15 is 0 Å². The minimum Gasteiger partial charge on any atom is -0.491 e. The van der Waals surface area contributed by atoms with E-state index in [2.05, 4.69) is 0 Å². The SMILES string of the molecule is COCCOc1ccc(S(=O)(=O)Oc2cc(C)ccc2C)cc1. The van der Waals surface area contributed by atoms with Crippen molar-refractivity contribution in [1.82, 2.24) is 0 Å². The van der Waals surface area contributed by atoms with Crippen LogP contribution in [0.15, 0.2) is 47.4 Å². The number of rotatable bonds is 7. The predicted molar refractivity (Wildman–Crippen MR) is 87.5 cm³/mol. The largest absolute Gasteiger partial charge is 0.491 e. The normalized spacial score (nSPS) is 11.3. The molecule has 23 heavy (non-hydrogen) atoms. The molecule has 0 saturated carbocycles. The number of methoxy groups -OCH3 is 1. The lowest BCUT2D eigenvalue weighted by atomic mass is 10.1. The molecule has 0 radical (unpaired) electrons. The minimum absolute atomic E-state index is 0.0810. The second-order valence-corrected chi connectivity index (χ2v) is 6.67. The van der Waals surface area contributed by atoms with E-state index in [1.807, 2.05) is 19.1 Å². The Balaban J connectivity index is 2.14. The lowest BCUT2D eigenvalue weighted by molar-refractivity contribution is 0.146. The lowest BCUT2D eigenvalue weighted by Gasteiger charge is -2.11. The van der Waals surface area contributed by atoms with E-state index in [1.54, 1.807) is 32.2 Å². The minimum atomic E-state index is -3.87. The van der Waals surface area contributed by atoms with Crippen LogP contribution in [0.1, 0.15) is 11.1 Å². The number of benzene rings is 2. The molecule has 0 heterocycles. The van der Waals surface area contributed by atoms with E-state index in [0.29, 0.717) is 24.7 Å². The number of aryl methyl sites for hydroxylation is 2. The van der Waals surface area contributed by atoms with E-state index < -0.39 is 10.1 Å². The van der Waals surface area contributed by atoms with Crippen LogP contribution in [-0.4, -0.2) is 28.7 Å². The van der Waals surface area contributed by atoms with E-state index in [0.717, 1.165) is 11.1 Å². The van der Waals surface area contributed by atoms with Crippen molar-refractivity contribution in [3.05, 3.63) is 53.6 Å². The maximum absolute atomic E-state index is 12.4. The first kappa shape index (κ1) is 17.3. The molecule has 0 unspecified atom stereocenters. The Labute approximate surface area is 136 Å². The molecule has 0 bridgehead atoms. The molecule has 6 heteroatoms. The van der Waals surface area contributed by atoms with Crippen molar-refractivity contribution < 1.29 is 22.1 Å². The summed E-state index contributed by atoms with van der Waals surface area (Å²) in [5.74, 6) is 0.915. The Kier molecular flexibility index (Phi) is 5.63. The second kappa shape index (κ2) is 7.48. The van der Waals surface area contributed by atoms with Crippen molar-refractivity contribution in [3.8, 4) is 11.5 Å². The van der Waals surface area contributed by atoms with Gasteiger partial charge in [-0.15, -0.1) is 0 Å². The first-order valence-corrected chi connectivity index (χ1v) is 8.57. The van der Waals surface area contributed by atoms with Crippen LogP contribution in [0.25, 0.3) is 0 Å². The fourth-order valence-corrected chi connectivity index (χ4v) is 2.89. The second-order valence-electron chi connectivity index (χ2n) is 5.12. The molecular weight excluding hydrogens is 316 g/mol. The summed E-state index contributed by atoms with van der Waals surface area (Å²) in [5, 5.41) is 0. The molecule has 2 rings (SSSR count). The van der Waals surface area contributed by atoms with E-state index in [4.69, 9.17) is 13.7 Å². The highest BCUT2D eigenvalue weighted by molar-refractivity contribution is 7.87. The van der Waals surface area contributed by atoms with Gasteiger partial charge in [0.2, 0.25) is 0 Å². The zero-order chi connectivity index (χ0) is 16.9. The molecule has 0 saturated heterocycles. The summed E-state index contributed by atoms with van der Waals surface area (Å²) < 4.78 is 40.3. The lowest BCUT2D eigenvalue weighted by Crippen LogP contribution is -2.11. The van der Waals surface area contributed by atoms with Crippen molar-refractivity contribution in [1.29, 1.82) is 0 Å². The third-order valence-corrected chi connectivity index (χ3v) is 4.46. The first-order valence-electron chi connectivity index (χ1n) is 7.16. The molecule has 0 atom stereocenters. The van der Waals surface area contributed by atoms with Crippen molar-refractivity contribution in [2.24, 2.45) is 0 Å². The van der Waals surface area contributed by atoms with E-state index in [1.165, 1.54) is 12.1 Å². The third-order valence-electron chi connectivity index (χ3n) is 3.21. The van der Waals surface area contributed by atoms with Crippen molar-refractivity contribution >= 4 is 10.1 Å². The van der Waals surface area contributed by atoms with Gasteiger partial charge in [0.25, 0.3) is 0 Å². The average molecular weight is 336 g/mol. The van der Waals surface area contributed by atoms with Crippen LogP contribution in [-0.2, 0) is 14.9 Å². The molecular formula is C17H20O5S. The van der Waals surface area contributed by atoms with Gasteiger partial charge in [-0.1, -0.05) is 12.1 Å². The Bertz CT molecular complexity index is 751. The molecule has 124 valence electrons. The maximum atomic E-state index is 12.4. The Hall–Kier alpha value is -2.05. The van der Waals surface area contributed by atoms with Crippen LogP contribution in [0.5, 0.6) is 11.5 Å². The summed E-state index contributed by atoms with van der Waals surface area (Å²) in [6.07, 6.45) is 0. The van der Waals surface area contributed by atoms with Crippen LogP contribution in [0, 0.1) is 13.8 Å². The van der Waals surface area contributed by atoms with Gasteiger partial charge in [0.1, 0.15) is 23.0 Å². The Morgan fingerprint density at radius 1 is 0.957 bits per heavy atom. The molecule has 0 fully saturated rings. The summed E-state index contributed by atoms with van der Waals surface area (Å²) in [7, 11) is -2.29. The maximum Gasteiger partial charge on any atom is 0.339 e. The van der Waals surface area contributed by atoms with Crippen LogP contribution < -0.4 is 8.92 Å². The fraction of sp³-hybridized carbons (Fsp3) is 0.294. The highest BCUT2D eigenvalue weighted by Crippen LogP contribution is 2.24. The van der Waals surface area contributed by atoms with Gasteiger partial charge >= 0.3 is 10.1 Å². The van der Waals surface area contributed by atoms with Crippen LogP contribution in [0.2, 0.25) is 0 Å². The summed E-state index contributed by atoms with van der Waals surface area (Å²) in [4.78, 5) is 0.0810. The molecule has 5 nitrogen and oxygen atoms in total. The Morgan fingerprint density at radius 3 is 2.30 bits per heavy atom. The smallest absolute Gasteiger partial charge is 0.339 e. The zero-order valence-electron chi connectivity index (χ0n) is 13.4. The molecule has 0 aliphatic heterocycles. The predicted octanol–water partition coefficient (Wildman–Crippen LogP) is 3.10. The molecule has 0 spiro atoms. The molecule has 2 aromatic carbocycles. The Morgan fingerprint density at radius 2 is 1.65 bits per heavy atom.